The largest absolute Gasteiger partial charge is 0.565 e. The van der Waals surface area contributed by atoms with E-state index >= 15 is 0 Å². The number of benzene rings is 2. The van der Waals surface area contributed by atoms with Gasteiger partial charge in [-0.05, 0) is 24.0 Å². The van der Waals surface area contributed by atoms with E-state index in [-0.39, 0.29) is 24.6 Å². The number of phenolic OH excluding ortho intramolecular Hbond substituents is 2. The number of carbonyl (C=O) groups excluding carboxylic acids is 1. The Morgan fingerprint density at radius 2 is 1.18 bits per heavy atom. The van der Waals surface area contributed by atoms with Crippen LogP contribution in [0.2, 0.25) is 0 Å². The summed E-state index contributed by atoms with van der Waals surface area (Å²) < 4.78 is 0. The Kier molecular flexibility index (Phi) is 7.89. The summed E-state index contributed by atoms with van der Waals surface area (Å²) in [5, 5.41) is 33.8. The SMILES string of the molecule is CCc1cccc(C/N=N/OC(=O)O/N=N/Cc2cccc(CC)c2O)c1O. The van der Waals surface area contributed by atoms with Gasteiger partial charge < -0.3 is 10.2 Å². The van der Waals surface area contributed by atoms with E-state index in [2.05, 4.69) is 30.5 Å². The molecule has 0 atom stereocenters. The van der Waals surface area contributed by atoms with Crippen molar-refractivity contribution in [2.75, 3.05) is 0 Å². The van der Waals surface area contributed by atoms with E-state index in [1.165, 1.54) is 0 Å². The average Bonchev–Trinajstić information content (AvgIpc) is 2.70. The Morgan fingerprint density at radius 3 is 1.57 bits per heavy atom. The topological polar surface area (TPSA) is 125 Å². The van der Waals surface area contributed by atoms with Gasteiger partial charge in [0.2, 0.25) is 0 Å². The van der Waals surface area contributed by atoms with Crippen LogP contribution in [0.1, 0.15) is 36.1 Å². The number of phenols is 2. The molecule has 0 aliphatic rings. The smallest absolute Gasteiger partial charge is 0.507 e. The lowest BCUT2D eigenvalue weighted by Crippen LogP contribution is -1.98. The van der Waals surface area contributed by atoms with Crippen LogP contribution in [0.25, 0.3) is 0 Å². The normalized spacial score (nSPS) is 11.2. The Hall–Kier alpha value is -3.49. The minimum atomic E-state index is -1.20. The molecule has 0 unspecified atom stereocenters. The van der Waals surface area contributed by atoms with E-state index < -0.39 is 6.16 Å². The molecule has 0 fully saturated rings. The molecule has 148 valence electrons. The number of carbonyl (C=O) groups is 1. The minimum absolute atomic E-state index is 0.0432. The third-order valence-electron chi connectivity index (χ3n) is 4.00. The zero-order chi connectivity index (χ0) is 20.4. The standard InChI is InChI=1S/C19H22N4O5/c1-3-13-7-5-9-15(17(13)24)11-20-22-27-19(26)28-23-21-12-16-10-6-8-14(4-2)18(16)25/h5-10,24-25H,3-4,11-12H2,1-2H3/b22-20+,23-21+. The second-order valence-electron chi connectivity index (χ2n) is 5.75. The highest BCUT2D eigenvalue weighted by molar-refractivity contribution is 5.59. The first-order valence-corrected chi connectivity index (χ1v) is 8.77. The highest BCUT2D eigenvalue weighted by atomic mass is 16.9. The Balaban J connectivity index is 1.77. The Bertz CT molecular complexity index is 798. The maximum Gasteiger partial charge on any atom is 0.565 e. The highest BCUT2D eigenvalue weighted by Crippen LogP contribution is 2.24. The fraction of sp³-hybridized carbons (Fsp3) is 0.316. The summed E-state index contributed by atoms with van der Waals surface area (Å²) in [6.45, 7) is 3.94. The maximum absolute atomic E-state index is 11.3. The highest BCUT2D eigenvalue weighted by Gasteiger charge is 2.07. The summed E-state index contributed by atoms with van der Waals surface area (Å²) >= 11 is 0. The monoisotopic (exact) mass is 386 g/mol. The summed E-state index contributed by atoms with van der Waals surface area (Å²) in [5.41, 5.74) is 2.72. The molecule has 2 aromatic carbocycles. The number of aromatic hydroxyl groups is 2. The second-order valence-corrected chi connectivity index (χ2v) is 5.75. The van der Waals surface area contributed by atoms with Crippen molar-refractivity contribution in [3.05, 3.63) is 58.7 Å². The average molecular weight is 386 g/mol. The summed E-state index contributed by atoms with van der Waals surface area (Å²) in [7, 11) is 0. The molecule has 0 aliphatic carbocycles. The van der Waals surface area contributed by atoms with E-state index in [0.717, 1.165) is 11.1 Å². The van der Waals surface area contributed by atoms with Crippen molar-refractivity contribution >= 4 is 6.16 Å². The molecule has 0 spiro atoms. The lowest BCUT2D eigenvalue weighted by atomic mass is 10.1. The summed E-state index contributed by atoms with van der Waals surface area (Å²) in [6.07, 6.45) is 0.168. The molecule has 28 heavy (non-hydrogen) atoms. The lowest BCUT2D eigenvalue weighted by Gasteiger charge is -2.05. The molecule has 2 aromatic rings. The number of hydrogen-bond acceptors (Lipinski definition) is 9. The molecule has 0 heterocycles. The van der Waals surface area contributed by atoms with E-state index in [1.807, 2.05) is 26.0 Å². The molecule has 0 amide bonds. The van der Waals surface area contributed by atoms with Gasteiger partial charge in [-0.25, -0.2) is 0 Å². The number of para-hydroxylation sites is 2. The fourth-order valence-corrected chi connectivity index (χ4v) is 2.47. The number of rotatable bonds is 8. The number of hydrogen-bond donors (Lipinski definition) is 2. The van der Waals surface area contributed by atoms with Crippen LogP contribution < -0.4 is 0 Å². The van der Waals surface area contributed by atoms with Crippen molar-refractivity contribution < 1.29 is 24.7 Å². The van der Waals surface area contributed by atoms with Crippen molar-refractivity contribution in [1.82, 2.24) is 0 Å². The van der Waals surface area contributed by atoms with Gasteiger partial charge in [-0.3, -0.25) is 9.68 Å². The van der Waals surface area contributed by atoms with Gasteiger partial charge in [0.25, 0.3) is 0 Å². The number of nitrogens with zero attached hydrogens (tertiary/aromatic N) is 4. The third kappa shape index (κ3) is 5.76. The van der Waals surface area contributed by atoms with Crippen LogP contribution in [-0.4, -0.2) is 16.4 Å². The van der Waals surface area contributed by atoms with Crippen molar-refractivity contribution in [3.8, 4) is 11.5 Å². The molecule has 2 N–H and O–H groups in total. The summed E-state index contributed by atoms with van der Waals surface area (Å²) in [6, 6.07) is 10.6. The molecule has 0 aliphatic heterocycles. The summed E-state index contributed by atoms with van der Waals surface area (Å²) in [4.78, 5) is 20.1. The fourth-order valence-electron chi connectivity index (χ4n) is 2.47. The van der Waals surface area contributed by atoms with E-state index in [0.29, 0.717) is 24.0 Å². The first kappa shape index (κ1) is 20.8. The lowest BCUT2D eigenvalue weighted by molar-refractivity contribution is 0.0455. The molecule has 0 aromatic heterocycles. The minimum Gasteiger partial charge on any atom is -0.507 e. The number of aryl methyl sites for hydroxylation is 2. The van der Waals surface area contributed by atoms with Crippen LogP contribution in [0.15, 0.2) is 57.2 Å². The molecule has 0 radical (unpaired) electrons. The zero-order valence-electron chi connectivity index (χ0n) is 15.7. The molecule has 9 heteroatoms. The van der Waals surface area contributed by atoms with E-state index in [9.17, 15) is 15.0 Å². The van der Waals surface area contributed by atoms with E-state index in [4.69, 9.17) is 0 Å². The Labute approximate surface area is 162 Å². The first-order chi connectivity index (χ1) is 13.6. The predicted octanol–water partition coefficient (Wildman–Crippen LogP) is 4.81. The zero-order valence-corrected chi connectivity index (χ0v) is 15.7. The van der Waals surface area contributed by atoms with Gasteiger partial charge in [0, 0.05) is 21.7 Å². The molecular formula is C19H22N4O5. The van der Waals surface area contributed by atoms with Crippen LogP contribution in [0, 0.1) is 0 Å². The van der Waals surface area contributed by atoms with Crippen LogP contribution in [-0.2, 0) is 35.6 Å². The van der Waals surface area contributed by atoms with Gasteiger partial charge in [-0.2, -0.15) is 4.79 Å². The van der Waals surface area contributed by atoms with Crippen LogP contribution >= 0.6 is 0 Å². The molecule has 9 nitrogen and oxygen atoms in total. The van der Waals surface area contributed by atoms with Gasteiger partial charge in [-0.1, -0.05) is 50.2 Å². The van der Waals surface area contributed by atoms with Crippen molar-refractivity contribution in [2.45, 2.75) is 39.8 Å². The van der Waals surface area contributed by atoms with E-state index in [1.54, 1.807) is 24.3 Å². The van der Waals surface area contributed by atoms with Crippen molar-refractivity contribution in [2.24, 2.45) is 20.8 Å². The first-order valence-electron chi connectivity index (χ1n) is 8.77. The summed E-state index contributed by atoms with van der Waals surface area (Å²) in [5.74, 6) is 0.298. The predicted molar refractivity (Wildman–Crippen MR) is 99.7 cm³/mol. The van der Waals surface area contributed by atoms with Gasteiger partial charge >= 0.3 is 6.16 Å². The Morgan fingerprint density at radius 1 is 0.786 bits per heavy atom. The van der Waals surface area contributed by atoms with Crippen molar-refractivity contribution in [3.63, 3.8) is 0 Å². The molecule has 0 saturated heterocycles. The molecular weight excluding hydrogens is 364 g/mol. The third-order valence-corrected chi connectivity index (χ3v) is 4.00. The van der Waals surface area contributed by atoms with Crippen LogP contribution in [0.4, 0.5) is 4.79 Å². The maximum atomic E-state index is 11.3. The molecule has 2 rings (SSSR count). The van der Waals surface area contributed by atoms with Crippen LogP contribution in [0.3, 0.4) is 0 Å². The molecule has 0 bridgehead atoms. The quantitative estimate of drug-likeness (QED) is 0.497. The second kappa shape index (κ2) is 10.6. The molecule has 0 saturated carbocycles. The van der Waals surface area contributed by atoms with Gasteiger partial charge in [0.1, 0.15) is 11.5 Å². The van der Waals surface area contributed by atoms with Crippen LogP contribution in [0.5, 0.6) is 11.5 Å². The van der Waals surface area contributed by atoms with Gasteiger partial charge in [0.05, 0.1) is 13.1 Å². The van der Waals surface area contributed by atoms with Gasteiger partial charge in [-0.15, -0.1) is 10.2 Å². The van der Waals surface area contributed by atoms with Gasteiger partial charge in [0.15, 0.2) is 0 Å². The van der Waals surface area contributed by atoms with Crippen molar-refractivity contribution in [1.29, 1.82) is 0 Å².